The van der Waals surface area contributed by atoms with E-state index < -0.39 is 36.0 Å². The molecule has 1 fully saturated rings. The monoisotopic (exact) mass is 344 g/mol. The first-order valence-electron chi connectivity index (χ1n) is 8.11. The maximum atomic E-state index is 12.1. The van der Waals surface area contributed by atoms with Crippen molar-refractivity contribution in [1.29, 1.82) is 0 Å². The summed E-state index contributed by atoms with van der Waals surface area (Å²) in [7, 11) is 0. The topological polar surface area (TPSA) is 78.9 Å². The van der Waals surface area contributed by atoms with E-state index in [0.717, 1.165) is 5.57 Å². The van der Waals surface area contributed by atoms with Gasteiger partial charge in [-0.05, 0) is 26.0 Å². The van der Waals surface area contributed by atoms with Gasteiger partial charge in [0.2, 0.25) is 0 Å². The lowest BCUT2D eigenvalue weighted by atomic mass is 9.85. The second kappa shape index (κ2) is 6.35. The Balaban J connectivity index is 2.01. The standard InChI is InChI=1S/C19H20O6/c1-9(2)17(20)24-15-8-12-7-13(23-19(12)22)5-10(3)6-14-16(15)11(4)18(21)25-14/h6-7,13-16H,1,4-5,8H2,2-3H3/b10-6-/t13?,14-,15+,16?/m1/s1. The van der Waals surface area contributed by atoms with Crippen LogP contribution in [0.1, 0.15) is 26.7 Å². The van der Waals surface area contributed by atoms with Crippen molar-refractivity contribution in [2.75, 3.05) is 0 Å². The van der Waals surface area contributed by atoms with Crippen molar-refractivity contribution in [1.82, 2.24) is 0 Å². The Morgan fingerprint density at radius 3 is 2.60 bits per heavy atom. The molecule has 1 aliphatic carbocycles. The van der Waals surface area contributed by atoms with Crippen molar-refractivity contribution >= 4 is 17.9 Å². The van der Waals surface area contributed by atoms with Gasteiger partial charge in [-0.2, -0.15) is 0 Å². The highest BCUT2D eigenvalue weighted by molar-refractivity contribution is 5.93. The van der Waals surface area contributed by atoms with Crippen LogP contribution < -0.4 is 0 Å². The average molecular weight is 344 g/mol. The molecule has 6 heteroatoms. The molecule has 0 aromatic heterocycles. The van der Waals surface area contributed by atoms with Gasteiger partial charge >= 0.3 is 17.9 Å². The number of hydrogen-bond donors (Lipinski definition) is 0. The van der Waals surface area contributed by atoms with Gasteiger partial charge in [-0.15, -0.1) is 0 Å². The predicted molar refractivity (Wildman–Crippen MR) is 88.2 cm³/mol. The van der Waals surface area contributed by atoms with Gasteiger partial charge in [0.05, 0.1) is 5.92 Å². The van der Waals surface area contributed by atoms with Crippen LogP contribution in [0.25, 0.3) is 0 Å². The smallest absolute Gasteiger partial charge is 0.334 e. The second-order valence-corrected chi connectivity index (χ2v) is 6.70. The van der Waals surface area contributed by atoms with Gasteiger partial charge in [0.25, 0.3) is 0 Å². The summed E-state index contributed by atoms with van der Waals surface area (Å²) in [4.78, 5) is 36.2. The van der Waals surface area contributed by atoms with Crippen LogP contribution in [-0.4, -0.2) is 36.2 Å². The van der Waals surface area contributed by atoms with Crippen molar-refractivity contribution < 1.29 is 28.6 Å². The summed E-state index contributed by atoms with van der Waals surface area (Å²) in [5, 5.41) is 0. The molecule has 132 valence electrons. The van der Waals surface area contributed by atoms with Crippen LogP contribution >= 0.6 is 0 Å². The Hall–Kier alpha value is -2.63. The molecule has 3 aliphatic rings. The molecule has 0 N–H and O–H groups in total. The summed E-state index contributed by atoms with van der Waals surface area (Å²) in [5.74, 6) is -2.09. The molecule has 3 rings (SSSR count). The molecular weight excluding hydrogens is 324 g/mol. The fourth-order valence-electron chi connectivity index (χ4n) is 3.33. The minimum atomic E-state index is -0.771. The Bertz CT molecular complexity index is 741. The van der Waals surface area contributed by atoms with Crippen LogP contribution in [0.4, 0.5) is 0 Å². The van der Waals surface area contributed by atoms with Gasteiger partial charge in [-0.25, -0.2) is 14.4 Å². The molecule has 0 amide bonds. The van der Waals surface area contributed by atoms with Crippen molar-refractivity contribution in [3.8, 4) is 0 Å². The molecule has 25 heavy (non-hydrogen) atoms. The van der Waals surface area contributed by atoms with Crippen LogP contribution in [0, 0.1) is 5.92 Å². The zero-order valence-corrected chi connectivity index (χ0v) is 14.2. The highest BCUT2D eigenvalue weighted by atomic mass is 16.6. The molecule has 0 radical (unpaired) electrons. The molecule has 0 aromatic carbocycles. The predicted octanol–water partition coefficient (Wildman–Crippen LogP) is 2.16. The third kappa shape index (κ3) is 3.29. The van der Waals surface area contributed by atoms with Crippen LogP contribution in [-0.2, 0) is 28.6 Å². The lowest BCUT2D eigenvalue weighted by molar-refractivity contribution is -0.148. The summed E-state index contributed by atoms with van der Waals surface area (Å²) in [6.45, 7) is 10.8. The van der Waals surface area contributed by atoms with Crippen molar-refractivity contribution in [2.45, 2.75) is 45.0 Å². The SMILES string of the molecule is C=C(C)C(=O)O[C@H]1CC2=CC(C/C(C)=C\[C@H]3OC(=O)C(=C)C13)OC2=O. The van der Waals surface area contributed by atoms with E-state index in [1.165, 1.54) is 6.92 Å². The van der Waals surface area contributed by atoms with Gasteiger partial charge in [0.15, 0.2) is 0 Å². The maximum absolute atomic E-state index is 12.1. The molecule has 4 atom stereocenters. The Kier molecular flexibility index (Phi) is 4.37. The van der Waals surface area contributed by atoms with Gasteiger partial charge in [-0.3, -0.25) is 0 Å². The second-order valence-electron chi connectivity index (χ2n) is 6.70. The van der Waals surface area contributed by atoms with Crippen molar-refractivity contribution in [2.24, 2.45) is 5.92 Å². The molecule has 2 unspecified atom stereocenters. The van der Waals surface area contributed by atoms with Gasteiger partial charge in [0.1, 0.15) is 18.3 Å². The van der Waals surface area contributed by atoms with Gasteiger partial charge in [-0.1, -0.05) is 18.7 Å². The van der Waals surface area contributed by atoms with E-state index >= 15 is 0 Å². The number of hydrogen-bond acceptors (Lipinski definition) is 6. The molecule has 2 bridgehead atoms. The molecule has 1 saturated heterocycles. The zero-order valence-electron chi connectivity index (χ0n) is 14.2. The highest BCUT2D eigenvalue weighted by Crippen LogP contribution is 2.38. The fraction of sp³-hybridized carbons (Fsp3) is 0.421. The van der Waals surface area contributed by atoms with E-state index in [4.69, 9.17) is 14.2 Å². The minimum absolute atomic E-state index is 0.137. The molecule has 0 aromatic rings. The number of fused-ring (bicyclic) bond motifs is 2. The third-order valence-corrected chi connectivity index (χ3v) is 4.57. The van der Waals surface area contributed by atoms with E-state index in [0.29, 0.717) is 12.0 Å². The lowest BCUT2D eigenvalue weighted by Crippen LogP contribution is -2.34. The first-order chi connectivity index (χ1) is 11.8. The summed E-state index contributed by atoms with van der Waals surface area (Å²) in [6.07, 6.45) is 2.52. The largest absolute Gasteiger partial charge is 0.458 e. The molecular formula is C19H20O6. The van der Waals surface area contributed by atoms with Crippen molar-refractivity contribution in [3.05, 3.63) is 47.6 Å². The molecule has 6 nitrogen and oxygen atoms in total. The average Bonchev–Trinajstić information content (AvgIpc) is 2.98. The van der Waals surface area contributed by atoms with E-state index in [1.54, 1.807) is 6.08 Å². The van der Waals surface area contributed by atoms with Crippen LogP contribution in [0.15, 0.2) is 47.6 Å². The van der Waals surface area contributed by atoms with E-state index in [9.17, 15) is 14.4 Å². The summed E-state index contributed by atoms with van der Waals surface area (Å²) in [5.41, 5.74) is 1.82. The lowest BCUT2D eigenvalue weighted by Gasteiger charge is -2.26. The first-order valence-corrected chi connectivity index (χ1v) is 8.11. The summed E-state index contributed by atoms with van der Waals surface area (Å²) in [6, 6.07) is 0. The fourth-order valence-corrected chi connectivity index (χ4v) is 3.33. The maximum Gasteiger partial charge on any atom is 0.334 e. The highest BCUT2D eigenvalue weighted by Gasteiger charge is 2.46. The van der Waals surface area contributed by atoms with E-state index in [1.807, 2.05) is 13.0 Å². The van der Waals surface area contributed by atoms with E-state index in [-0.39, 0.29) is 23.7 Å². The number of rotatable bonds is 2. The number of ether oxygens (including phenoxy) is 3. The summed E-state index contributed by atoms with van der Waals surface area (Å²) < 4.78 is 16.3. The number of carbonyl (C=O) groups is 3. The molecule has 2 heterocycles. The van der Waals surface area contributed by atoms with Gasteiger partial charge < -0.3 is 14.2 Å². The van der Waals surface area contributed by atoms with Crippen LogP contribution in [0.5, 0.6) is 0 Å². The summed E-state index contributed by atoms with van der Waals surface area (Å²) >= 11 is 0. The molecule has 0 spiro atoms. The van der Waals surface area contributed by atoms with Gasteiger partial charge in [0, 0.05) is 29.6 Å². The van der Waals surface area contributed by atoms with Crippen molar-refractivity contribution in [3.63, 3.8) is 0 Å². The number of carbonyl (C=O) groups excluding carboxylic acids is 3. The minimum Gasteiger partial charge on any atom is -0.458 e. The van der Waals surface area contributed by atoms with Crippen LogP contribution in [0.2, 0.25) is 0 Å². The Morgan fingerprint density at radius 1 is 1.20 bits per heavy atom. The quantitative estimate of drug-likeness (QED) is 0.331. The number of esters is 3. The Morgan fingerprint density at radius 2 is 1.92 bits per heavy atom. The third-order valence-electron chi connectivity index (χ3n) is 4.57. The van der Waals surface area contributed by atoms with E-state index in [2.05, 4.69) is 13.2 Å². The molecule has 2 aliphatic heterocycles. The molecule has 0 saturated carbocycles. The Labute approximate surface area is 145 Å². The normalized spacial score (nSPS) is 33.4. The zero-order chi connectivity index (χ0) is 18.3. The first kappa shape index (κ1) is 17.2. The van der Waals surface area contributed by atoms with Crippen LogP contribution in [0.3, 0.4) is 0 Å².